The van der Waals surface area contributed by atoms with Gasteiger partial charge < -0.3 is 5.11 Å². The number of hydrogen-bond donors (Lipinski definition) is 1. The molecule has 56 heavy (non-hydrogen) atoms. The minimum Gasteiger partial charge on any atom is 0 e. The summed E-state index contributed by atoms with van der Waals surface area (Å²) < 4.78 is 4.34. The summed E-state index contributed by atoms with van der Waals surface area (Å²) in [4.78, 5) is 16.7. The molecule has 6 aromatic rings. The number of pyridine rings is 1. The quantitative estimate of drug-likeness (QED) is 0.0680. The third-order valence-corrected chi connectivity index (χ3v) is 20.9. The Balaban J connectivity index is 0.000000322. The first-order chi connectivity index (χ1) is 26.2. The average Bonchev–Trinajstić information content (AvgIpc) is 3.55. The molecular weight excluding hydrogens is 943 g/mol. The van der Waals surface area contributed by atoms with Gasteiger partial charge in [-0.1, -0.05) is 72.1 Å². The number of aryl methyl sites for hydroxylation is 2. The summed E-state index contributed by atoms with van der Waals surface area (Å²) >= 11 is -0.0309. The number of aliphatic hydroxyl groups is 1. The normalized spacial score (nSPS) is 14.2. The third kappa shape index (κ3) is 8.97. The third-order valence-electron chi connectivity index (χ3n) is 12.1. The van der Waals surface area contributed by atoms with Gasteiger partial charge in [0.05, 0.1) is 5.76 Å². The van der Waals surface area contributed by atoms with Crippen LogP contribution in [0.1, 0.15) is 97.3 Å². The van der Waals surface area contributed by atoms with Crippen molar-refractivity contribution in [3.05, 3.63) is 108 Å². The molecule has 4 aromatic carbocycles. The number of carbonyl (C=O) groups is 1. The van der Waals surface area contributed by atoms with E-state index in [9.17, 15) is 9.90 Å². The molecule has 0 unspecified atom stereocenters. The second kappa shape index (κ2) is 18.2. The zero-order chi connectivity index (χ0) is 39.7. The molecule has 0 saturated heterocycles. The van der Waals surface area contributed by atoms with Crippen LogP contribution in [0.4, 0.5) is 0 Å². The minimum atomic E-state index is -1.93. The Morgan fingerprint density at radius 3 is 2.25 bits per heavy atom. The molecule has 0 spiro atoms. The molecule has 0 fully saturated rings. The van der Waals surface area contributed by atoms with Crippen molar-refractivity contribution in [2.45, 2.75) is 116 Å². The van der Waals surface area contributed by atoms with Crippen molar-refractivity contribution in [2.24, 2.45) is 11.8 Å². The zero-order valence-corrected chi connectivity index (χ0v) is 40.5. The van der Waals surface area contributed by atoms with Crippen LogP contribution in [0.15, 0.2) is 84.8 Å². The molecule has 1 radical (unpaired) electrons. The van der Waals surface area contributed by atoms with E-state index in [-0.39, 0.29) is 48.9 Å². The summed E-state index contributed by atoms with van der Waals surface area (Å²) in [6, 6.07) is 28.9. The summed E-state index contributed by atoms with van der Waals surface area (Å²) in [7, 11) is 0. The number of nitrogens with zero attached hydrogens (tertiary/aromatic N) is 1. The number of aliphatic hydroxyl groups excluding tert-OH is 1. The van der Waals surface area contributed by atoms with Crippen LogP contribution in [0.3, 0.4) is 0 Å². The number of fused-ring (bicyclic) bond motifs is 5. The van der Waals surface area contributed by atoms with Crippen LogP contribution in [0.5, 0.6) is 0 Å². The number of thiophene rings is 1. The monoisotopic (exact) mass is 1010 g/mol. The smallest absolute Gasteiger partial charge is 0 e. The van der Waals surface area contributed by atoms with Crippen molar-refractivity contribution < 1.29 is 30.0 Å². The maximum Gasteiger partial charge on any atom is 0 e. The van der Waals surface area contributed by atoms with Gasteiger partial charge in [0, 0.05) is 38.0 Å². The fourth-order valence-corrected chi connectivity index (χ4v) is 16.1. The number of ketones is 1. The van der Waals surface area contributed by atoms with Crippen molar-refractivity contribution in [2.75, 3.05) is 0 Å². The largest absolute Gasteiger partial charge is 0 e. The van der Waals surface area contributed by atoms with Gasteiger partial charge in [0.2, 0.25) is 0 Å². The van der Waals surface area contributed by atoms with Crippen LogP contribution in [-0.2, 0) is 36.7 Å². The molecule has 1 aliphatic rings. The predicted octanol–water partition coefficient (Wildman–Crippen LogP) is 14.1. The summed E-state index contributed by atoms with van der Waals surface area (Å²) in [5.41, 5.74) is 9.23. The molecule has 0 aliphatic carbocycles. The van der Waals surface area contributed by atoms with E-state index in [2.05, 4.69) is 112 Å². The molecule has 3 nitrogen and oxygen atoms in total. The molecule has 0 bridgehead atoms. The molecule has 3 heterocycles. The van der Waals surface area contributed by atoms with E-state index < -0.39 is 13.3 Å². The minimum absolute atomic E-state index is 0. The second-order valence-electron chi connectivity index (χ2n) is 17.3. The Kier molecular flexibility index (Phi) is 14.3. The van der Waals surface area contributed by atoms with Gasteiger partial charge in [-0.15, -0.1) is 6.07 Å². The van der Waals surface area contributed by atoms with Crippen LogP contribution in [0.25, 0.3) is 53.3 Å². The zero-order valence-electron chi connectivity index (χ0n) is 35.2. The Bertz CT molecular complexity index is 2380. The summed E-state index contributed by atoms with van der Waals surface area (Å²) in [5.74, 6) is 5.73. The Hall–Kier alpha value is -3.09. The maximum atomic E-state index is 11.7. The first kappa shape index (κ1) is 44.0. The molecular formula is C50H60GeIrNO2S-. The molecule has 1 N–H and O–H groups in total. The Labute approximate surface area is 356 Å². The van der Waals surface area contributed by atoms with Crippen LogP contribution < -0.4 is 4.40 Å². The molecule has 0 saturated carbocycles. The van der Waals surface area contributed by atoms with Crippen molar-refractivity contribution in [3.63, 3.8) is 0 Å². The van der Waals surface area contributed by atoms with E-state index in [0.29, 0.717) is 0 Å². The number of hydrogen-bond acceptors (Lipinski definition) is 4. The molecule has 2 aromatic heterocycles. The van der Waals surface area contributed by atoms with E-state index in [0.717, 1.165) is 42.3 Å². The van der Waals surface area contributed by atoms with Crippen molar-refractivity contribution in [1.29, 1.82) is 0 Å². The molecule has 0 amide bonds. The maximum absolute atomic E-state index is 11.7. The van der Waals surface area contributed by atoms with Crippen molar-refractivity contribution >= 4 is 65.7 Å². The number of benzene rings is 4. The molecule has 1 aliphatic heterocycles. The molecule has 0 atom stereocenters. The summed E-state index contributed by atoms with van der Waals surface area (Å²) in [6.07, 6.45) is 9.50. The van der Waals surface area contributed by atoms with Crippen LogP contribution in [0, 0.1) is 24.8 Å². The van der Waals surface area contributed by atoms with Gasteiger partial charge in [0.15, 0.2) is 5.78 Å². The topological polar surface area (TPSA) is 50.2 Å². The van der Waals surface area contributed by atoms with Crippen LogP contribution in [0.2, 0.25) is 16.8 Å². The van der Waals surface area contributed by atoms with E-state index in [1.54, 1.807) is 9.96 Å². The number of aromatic nitrogens is 1. The van der Waals surface area contributed by atoms with E-state index in [4.69, 9.17) is 4.98 Å². The molecule has 6 heteroatoms. The van der Waals surface area contributed by atoms with Gasteiger partial charge in [-0.25, -0.2) is 0 Å². The number of carbonyl (C=O) groups excluding carboxylic acids is 1. The summed E-state index contributed by atoms with van der Waals surface area (Å²) in [6.45, 7) is 17.3. The van der Waals surface area contributed by atoms with E-state index in [1.165, 1.54) is 72.0 Å². The van der Waals surface area contributed by atoms with E-state index >= 15 is 0 Å². The number of allylic oxidation sites excluding steroid dienone is 2. The Morgan fingerprint density at radius 1 is 0.893 bits per heavy atom. The summed E-state index contributed by atoms with van der Waals surface area (Å²) in [5, 5.41) is 16.3. The van der Waals surface area contributed by atoms with Gasteiger partial charge in [0.1, 0.15) is 0 Å². The predicted molar refractivity (Wildman–Crippen MR) is 242 cm³/mol. The van der Waals surface area contributed by atoms with Gasteiger partial charge in [-0.05, 0) is 31.1 Å². The van der Waals surface area contributed by atoms with Gasteiger partial charge in [0.25, 0.3) is 0 Å². The van der Waals surface area contributed by atoms with Gasteiger partial charge in [-0.3, -0.25) is 4.79 Å². The SMILES string of the molecule is CCC(CC)C(=O)/C=C(\O)C(CC)CC.Cc1c(-c2ccc3[c](c2)[Ge]([CH3])([CH3])[CH2]CC3)ccc2c1sc1c(-c3[c-]c4ccccc4c(C(C)(C)C)c3)nccc12.[Ir]. The average molecular weight is 1000 g/mol. The van der Waals surface area contributed by atoms with Crippen molar-refractivity contribution in [3.8, 4) is 22.4 Å². The van der Waals surface area contributed by atoms with Crippen LogP contribution in [-0.4, -0.2) is 29.1 Å². The van der Waals surface area contributed by atoms with E-state index in [1.807, 2.05) is 45.2 Å². The first-order valence-electron chi connectivity index (χ1n) is 20.6. The molecule has 297 valence electrons. The second-order valence-corrected chi connectivity index (χ2v) is 28.4. The Morgan fingerprint density at radius 2 is 1.57 bits per heavy atom. The fraction of sp³-hybridized carbons (Fsp3) is 0.400. The van der Waals surface area contributed by atoms with Crippen LogP contribution >= 0.6 is 11.3 Å². The standard InChI is InChI=1S/C37H36GeNS.C13H24O2.Ir/c1-23-28(26-14-13-24-11-9-18-38(5,6)33(24)22-26)15-16-30-31-17-19-39-34(36(31)40-35(23)30)27-20-25-10-7-8-12-29(25)32(21-27)37(2,3)4;1-5-10(6-2)12(14)9-13(15)11(7-3)8-4;/h7-8,10,12-17,19,21-22H,9,11,18H2,1-6H3;9-11,14H,5-8H2,1-4H3;/q-1;;/b;12-9-;. The fourth-order valence-electron chi connectivity index (χ4n) is 8.61. The van der Waals surface area contributed by atoms with Gasteiger partial charge in [-0.2, -0.15) is 0 Å². The molecule has 7 rings (SSSR count). The number of rotatable bonds is 9. The van der Waals surface area contributed by atoms with Crippen molar-refractivity contribution in [1.82, 2.24) is 4.98 Å². The van der Waals surface area contributed by atoms with Gasteiger partial charge >= 0.3 is 190 Å². The first-order valence-corrected chi connectivity index (χ1v) is 28.1.